The first kappa shape index (κ1) is 17.0. The van der Waals surface area contributed by atoms with Crippen molar-refractivity contribution in [3.63, 3.8) is 0 Å². The fourth-order valence-electron chi connectivity index (χ4n) is 2.72. The molecular formula is C17H17ClN2O3S. The van der Waals surface area contributed by atoms with E-state index in [-0.39, 0.29) is 11.5 Å². The zero-order valence-electron chi connectivity index (χ0n) is 13.3. The van der Waals surface area contributed by atoms with Gasteiger partial charge in [-0.05, 0) is 31.5 Å². The van der Waals surface area contributed by atoms with Crippen molar-refractivity contribution in [3.05, 3.63) is 50.9 Å². The number of hydrogen-bond acceptors (Lipinski definition) is 4. The van der Waals surface area contributed by atoms with Crippen LogP contribution in [0.4, 0.5) is 5.00 Å². The van der Waals surface area contributed by atoms with Crippen molar-refractivity contribution >= 4 is 39.8 Å². The second kappa shape index (κ2) is 6.20. The first-order valence-corrected chi connectivity index (χ1v) is 8.62. The number of anilines is 1. The normalized spacial score (nSPS) is 15.6. The molecule has 1 aliphatic heterocycles. The van der Waals surface area contributed by atoms with E-state index < -0.39 is 5.91 Å². The maximum Gasteiger partial charge on any atom is 0.257 e. The molecule has 2 heterocycles. The maximum atomic E-state index is 12.5. The highest BCUT2D eigenvalue weighted by Crippen LogP contribution is 2.40. The maximum absolute atomic E-state index is 12.5. The van der Waals surface area contributed by atoms with Crippen molar-refractivity contribution in [3.8, 4) is 0 Å². The number of carbonyl (C=O) groups is 2. The first-order valence-electron chi connectivity index (χ1n) is 7.42. The number of nitrogens with one attached hydrogen (secondary N) is 1. The van der Waals surface area contributed by atoms with Gasteiger partial charge in [0.25, 0.3) is 11.8 Å². The molecule has 0 spiro atoms. The van der Waals surface area contributed by atoms with Crippen molar-refractivity contribution in [2.75, 3.05) is 5.32 Å². The minimum atomic E-state index is -0.556. The van der Waals surface area contributed by atoms with Crippen molar-refractivity contribution < 1.29 is 14.3 Å². The summed E-state index contributed by atoms with van der Waals surface area (Å²) in [6.45, 7) is 4.32. The van der Waals surface area contributed by atoms with Gasteiger partial charge in [0.1, 0.15) is 5.00 Å². The zero-order valence-corrected chi connectivity index (χ0v) is 14.9. The Morgan fingerprint density at radius 3 is 2.71 bits per heavy atom. The molecule has 126 valence electrons. The molecule has 3 N–H and O–H groups in total. The van der Waals surface area contributed by atoms with E-state index in [4.69, 9.17) is 22.1 Å². The number of benzene rings is 1. The molecule has 0 atom stereocenters. The third-order valence-corrected chi connectivity index (χ3v) is 5.33. The molecule has 24 heavy (non-hydrogen) atoms. The van der Waals surface area contributed by atoms with Crippen molar-refractivity contribution in [2.45, 2.75) is 32.5 Å². The van der Waals surface area contributed by atoms with Gasteiger partial charge < -0.3 is 15.8 Å². The minimum absolute atomic E-state index is 0.345. The molecule has 0 saturated carbocycles. The first-order chi connectivity index (χ1) is 11.3. The summed E-state index contributed by atoms with van der Waals surface area (Å²) in [5.74, 6) is -0.929. The summed E-state index contributed by atoms with van der Waals surface area (Å²) in [5.41, 5.74) is 6.76. The highest BCUT2D eigenvalue weighted by molar-refractivity contribution is 7.17. The highest BCUT2D eigenvalue weighted by Gasteiger charge is 2.33. The van der Waals surface area contributed by atoms with Crippen LogP contribution in [0.3, 0.4) is 0 Å². The molecule has 0 bridgehead atoms. The van der Waals surface area contributed by atoms with E-state index in [0.717, 1.165) is 10.4 Å². The van der Waals surface area contributed by atoms with Gasteiger partial charge >= 0.3 is 0 Å². The number of ether oxygens (including phenoxy) is 1. The molecular weight excluding hydrogens is 348 g/mol. The van der Waals surface area contributed by atoms with E-state index in [9.17, 15) is 9.59 Å². The number of amides is 2. The van der Waals surface area contributed by atoms with Crippen LogP contribution < -0.4 is 11.1 Å². The average molecular weight is 365 g/mol. The van der Waals surface area contributed by atoms with Crippen LogP contribution in [0, 0.1) is 0 Å². The van der Waals surface area contributed by atoms with Crippen LogP contribution in [0.2, 0.25) is 5.02 Å². The standard InChI is InChI=1S/C17H17ClN2O3S/c1-17(2)7-10-12(8-23-17)24-16(13(10)14(19)21)20-15(22)9-5-3-4-6-11(9)18/h3-6H,7-8H2,1-2H3,(H2,19,21)(H,20,22). The summed E-state index contributed by atoms with van der Waals surface area (Å²) in [4.78, 5) is 25.4. The van der Waals surface area contributed by atoms with Crippen LogP contribution in [0.25, 0.3) is 0 Å². The number of halogens is 1. The van der Waals surface area contributed by atoms with Crippen LogP contribution >= 0.6 is 22.9 Å². The summed E-state index contributed by atoms with van der Waals surface area (Å²) >= 11 is 7.38. The summed E-state index contributed by atoms with van der Waals surface area (Å²) in [7, 11) is 0. The topological polar surface area (TPSA) is 81.4 Å². The number of fused-ring (bicyclic) bond motifs is 1. The largest absolute Gasteiger partial charge is 0.370 e. The van der Waals surface area contributed by atoms with Gasteiger partial charge in [0.15, 0.2) is 0 Å². The van der Waals surface area contributed by atoms with Crippen LogP contribution in [-0.4, -0.2) is 17.4 Å². The summed E-state index contributed by atoms with van der Waals surface area (Å²) in [5, 5.41) is 3.56. The van der Waals surface area contributed by atoms with Gasteiger partial charge in [-0.3, -0.25) is 9.59 Å². The summed E-state index contributed by atoms with van der Waals surface area (Å²) in [6.07, 6.45) is 0.569. The van der Waals surface area contributed by atoms with Gasteiger partial charge in [-0.1, -0.05) is 23.7 Å². The quantitative estimate of drug-likeness (QED) is 0.872. The van der Waals surface area contributed by atoms with E-state index in [1.54, 1.807) is 24.3 Å². The van der Waals surface area contributed by atoms with Gasteiger partial charge in [-0.15, -0.1) is 11.3 Å². The van der Waals surface area contributed by atoms with E-state index >= 15 is 0 Å². The Morgan fingerprint density at radius 1 is 1.33 bits per heavy atom. The number of nitrogens with two attached hydrogens (primary N) is 1. The lowest BCUT2D eigenvalue weighted by atomic mass is 9.93. The molecule has 3 rings (SSSR count). The Labute approximate surface area is 148 Å². The molecule has 5 nitrogen and oxygen atoms in total. The Morgan fingerprint density at radius 2 is 2.04 bits per heavy atom. The monoisotopic (exact) mass is 364 g/mol. The minimum Gasteiger partial charge on any atom is -0.370 e. The third-order valence-electron chi connectivity index (χ3n) is 3.88. The molecule has 0 saturated heterocycles. The lowest BCUT2D eigenvalue weighted by molar-refractivity contribution is -0.0383. The smallest absolute Gasteiger partial charge is 0.257 e. The highest BCUT2D eigenvalue weighted by atomic mass is 35.5. The van der Waals surface area contributed by atoms with Crippen LogP contribution in [0.15, 0.2) is 24.3 Å². The number of primary amides is 1. The number of thiophene rings is 1. The van der Waals surface area contributed by atoms with E-state index in [1.165, 1.54) is 11.3 Å². The molecule has 0 radical (unpaired) electrons. The lowest BCUT2D eigenvalue weighted by Crippen LogP contribution is -2.32. The van der Waals surface area contributed by atoms with Crippen molar-refractivity contribution in [1.82, 2.24) is 0 Å². The van der Waals surface area contributed by atoms with Crippen LogP contribution in [0.1, 0.15) is 45.0 Å². The van der Waals surface area contributed by atoms with Crippen molar-refractivity contribution in [1.29, 1.82) is 0 Å². The Kier molecular flexibility index (Phi) is 4.38. The molecule has 7 heteroatoms. The molecule has 0 unspecified atom stereocenters. The second-order valence-electron chi connectivity index (χ2n) is 6.23. The number of hydrogen-bond donors (Lipinski definition) is 2. The predicted octanol–water partition coefficient (Wildman–Crippen LogP) is 3.60. The number of rotatable bonds is 3. The molecule has 2 aromatic rings. The fraction of sp³-hybridized carbons (Fsp3) is 0.294. The van der Waals surface area contributed by atoms with E-state index in [2.05, 4.69) is 5.32 Å². The van der Waals surface area contributed by atoms with Gasteiger partial charge in [0.2, 0.25) is 0 Å². The molecule has 2 amide bonds. The van der Waals surface area contributed by atoms with Crippen molar-refractivity contribution in [2.24, 2.45) is 5.73 Å². The number of carbonyl (C=O) groups excluding carboxylic acids is 2. The fourth-order valence-corrected chi connectivity index (χ4v) is 4.07. The van der Waals surface area contributed by atoms with Crippen LogP contribution in [-0.2, 0) is 17.8 Å². The zero-order chi connectivity index (χ0) is 17.5. The van der Waals surface area contributed by atoms with Gasteiger partial charge in [-0.25, -0.2) is 0 Å². The lowest BCUT2D eigenvalue weighted by Gasteiger charge is -2.30. The van der Waals surface area contributed by atoms with Gasteiger partial charge in [0.05, 0.1) is 28.4 Å². The summed E-state index contributed by atoms with van der Waals surface area (Å²) in [6, 6.07) is 6.74. The van der Waals surface area contributed by atoms with Gasteiger partial charge in [0, 0.05) is 11.3 Å². The van der Waals surface area contributed by atoms with Crippen LogP contribution in [0.5, 0.6) is 0 Å². The van der Waals surface area contributed by atoms with E-state index in [0.29, 0.717) is 34.2 Å². The molecule has 0 aliphatic carbocycles. The average Bonchev–Trinajstić information content (AvgIpc) is 2.83. The molecule has 0 fully saturated rings. The summed E-state index contributed by atoms with van der Waals surface area (Å²) < 4.78 is 5.77. The molecule has 1 aromatic carbocycles. The SMILES string of the molecule is CC1(C)Cc2c(sc(NC(=O)c3ccccc3Cl)c2C(N)=O)CO1. The second-order valence-corrected chi connectivity index (χ2v) is 7.74. The van der Waals surface area contributed by atoms with E-state index in [1.807, 2.05) is 13.8 Å². The predicted molar refractivity (Wildman–Crippen MR) is 94.8 cm³/mol. The molecule has 1 aromatic heterocycles. The Bertz CT molecular complexity index is 829. The molecule has 1 aliphatic rings. The Hall–Kier alpha value is -1.89. The van der Waals surface area contributed by atoms with Gasteiger partial charge in [-0.2, -0.15) is 0 Å². The Balaban J connectivity index is 1.97. The third kappa shape index (κ3) is 3.17.